The summed E-state index contributed by atoms with van der Waals surface area (Å²) in [6.07, 6.45) is 1.03. The number of carbonyl (C=O) groups is 2. The first-order valence-electron chi connectivity index (χ1n) is 8.71. The molecule has 5 nitrogen and oxygen atoms in total. The van der Waals surface area contributed by atoms with Crippen molar-refractivity contribution in [3.63, 3.8) is 0 Å². The summed E-state index contributed by atoms with van der Waals surface area (Å²) in [4.78, 5) is 27.6. The predicted octanol–water partition coefficient (Wildman–Crippen LogP) is 3.25. The van der Waals surface area contributed by atoms with Crippen LogP contribution < -0.4 is 5.32 Å². The molecule has 0 saturated heterocycles. The molecule has 0 aromatic carbocycles. The third-order valence-electron chi connectivity index (χ3n) is 4.51. The lowest BCUT2D eigenvalue weighted by Gasteiger charge is -2.33. The zero-order valence-electron chi connectivity index (χ0n) is 16.0. The van der Waals surface area contributed by atoms with E-state index in [1.807, 2.05) is 41.5 Å². The number of aromatic nitrogens is 1. The standard InChI is InChI=1S/C19H32N2O3/c1-8-9-14-15(13(5)22)12(4)21-16(14)18(24)20-10-19(6,7)17(23)11(2)3/h11,17,21,23H,8-10H2,1-7H3,(H,20,24). The summed E-state index contributed by atoms with van der Waals surface area (Å²) >= 11 is 0. The van der Waals surface area contributed by atoms with Crippen LogP contribution in [-0.4, -0.2) is 34.4 Å². The summed E-state index contributed by atoms with van der Waals surface area (Å²) in [5, 5.41) is 13.2. The van der Waals surface area contributed by atoms with Gasteiger partial charge in [0.25, 0.3) is 5.91 Å². The zero-order valence-corrected chi connectivity index (χ0v) is 16.0. The second-order valence-electron chi connectivity index (χ2n) is 7.64. The molecule has 3 N–H and O–H groups in total. The van der Waals surface area contributed by atoms with Gasteiger partial charge in [0.05, 0.1) is 6.10 Å². The molecule has 136 valence electrons. The summed E-state index contributed by atoms with van der Waals surface area (Å²) < 4.78 is 0. The van der Waals surface area contributed by atoms with E-state index >= 15 is 0 Å². The van der Waals surface area contributed by atoms with Crippen LogP contribution in [0.3, 0.4) is 0 Å². The van der Waals surface area contributed by atoms with Gasteiger partial charge in [-0.3, -0.25) is 9.59 Å². The molecule has 1 heterocycles. The SMILES string of the molecule is CCCc1c(C(=O)NCC(C)(C)C(O)C(C)C)[nH]c(C)c1C(C)=O. The summed E-state index contributed by atoms with van der Waals surface area (Å²) in [5.41, 5.74) is 2.19. The fraction of sp³-hybridized carbons (Fsp3) is 0.684. The fourth-order valence-electron chi connectivity index (χ4n) is 3.25. The average molecular weight is 336 g/mol. The molecule has 1 unspecified atom stereocenters. The Morgan fingerprint density at radius 2 is 1.88 bits per heavy atom. The molecule has 5 heteroatoms. The largest absolute Gasteiger partial charge is 0.392 e. The van der Waals surface area contributed by atoms with Crippen LogP contribution in [0.25, 0.3) is 0 Å². The van der Waals surface area contributed by atoms with Gasteiger partial charge >= 0.3 is 0 Å². The van der Waals surface area contributed by atoms with Crippen LogP contribution in [0, 0.1) is 18.3 Å². The van der Waals surface area contributed by atoms with Crippen LogP contribution in [0.15, 0.2) is 0 Å². The number of aliphatic hydroxyl groups excluding tert-OH is 1. The minimum Gasteiger partial charge on any atom is -0.392 e. The van der Waals surface area contributed by atoms with Gasteiger partial charge in [-0.1, -0.05) is 41.0 Å². The number of nitrogens with one attached hydrogen (secondary N) is 2. The normalized spacial score (nSPS) is 13.2. The molecule has 0 aliphatic rings. The van der Waals surface area contributed by atoms with Crippen molar-refractivity contribution in [2.75, 3.05) is 6.54 Å². The third-order valence-corrected chi connectivity index (χ3v) is 4.51. The first-order valence-corrected chi connectivity index (χ1v) is 8.71. The van der Waals surface area contributed by atoms with E-state index in [4.69, 9.17) is 0 Å². The van der Waals surface area contributed by atoms with E-state index in [2.05, 4.69) is 10.3 Å². The van der Waals surface area contributed by atoms with Crippen molar-refractivity contribution in [3.05, 3.63) is 22.5 Å². The quantitative estimate of drug-likeness (QED) is 0.637. The Morgan fingerprint density at radius 1 is 1.29 bits per heavy atom. The molecule has 0 radical (unpaired) electrons. The molecule has 0 saturated carbocycles. The van der Waals surface area contributed by atoms with Crippen molar-refractivity contribution in [1.82, 2.24) is 10.3 Å². The summed E-state index contributed by atoms with van der Waals surface area (Å²) in [6, 6.07) is 0. The number of H-pyrrole nitrogens is 1. The lowest BCUT2D eigenvalue weighted by molar-refractivity contribution is 0.0138. The molecule has 0 bridgehead atoms. The van der Waals surface area contributed by atoms with Gasteiger partial charge in [-0.05, 0) is 31.7 Å². The summed E-state index contributed by atoms with van der Waals surface area (Å²) in [6.45, 7) is 13.5. The molecular weight excluding hydrogens is 304 g/mol. The van der Waals surface area contributed by atoms with Crippen LogP contribution in [0.1, 0.15) is 80.1 Å². The molecule has 1 atom stereocenters. The number of rotatable bonds is 8. The fourth-order valence-corrected chi connectivity index (χ4v) is 3.25. The van der Waals surface area contributed by atoms with Crippen LogP contribution in [-0.2, 0) is 6.42 Å². The minimum atomic E-state index is -0.508. The third kappa shape index (κ3) is 4.47. The number of aliphatic hydroxyl groups is 1. The first kappa shape index (κ1) is 20.4. The van der Waals surface area contributed by atoms with Crippen molar-refractivity contribution in [1.29, 1.82) is 0 Å². The van der Waals surface area contributed by atoms with Gasteiger partial charge in [-0.2, -0.15) is 0 Å². The summed E-state index contributed by atoms with van der Waals surface area (Å²) in [5.74, 6) is -0.135. The van der Waals surface area contributed by atoms with E-state index in [0.717, 1.165) is 17.7 Å². The van der Waals surface area contributed by atoms with Gasteiger partial charge in [-0.15, -0.1) is 0 Å². The van der Waals surface area contributed by atoms with Gasteiger partial charge in [0.1, 0.15) is 5.69 Å². The zero-order chi connectivity index (χ0) is 18.7. The molecule has 0 aliphatic carbocycles. The monoisotopic (exact) mass is 336 g/mol. The maximum Gasteiger partial charge on any atom is 0.268 e. The van der Waals surface area contributed by atoms with Crippen molar-refractivity contribution in [2.45, 2.75) is 67.4 Å². The number of Topliss-reactive ketones (excluding diaryl/α,β-unsaturated/α-hetero) is 1. The van der Waals surface area contributed by atoms with E-state index in [1.165, 1.54) is 6.92 Å². The Balaban J connectivity index is 3.00. The van der Waals surface area contributed by atoms with Gasteiger partial charge in [0, 0.05) is 23.2 Å². The highest BCUT2D eigenvalue weighted by atomic mass is 16.3. The molecule has 1 aromatic heterocycles. The molecule has 0 spiro atoms. The summed E-state index contributed by atoms with van der Waals surface area (Å²) in [7, 11) is 0. The molecule has 0 aliphatic heterocycles. The van der Waals surface area contributed by atoms with E-state index in [1.54, 1.807) is 0 Å². The van der Waals surface area contributed by atoms with Crippen molar-refractivity contribution in [3.8, 4) is 0 Å². The van der Waals surface area contributed by atoms with E-state index in [9.17, 15) is 14.7 Å². The van der Waals surface area contributed by atoms with E-state index < -0.39 is 11.5 Å². The smallest absolute Gasteiger partial charge is 0.268 e. The second kappa shape index (κ2) is 7.97. The highest BCUT2D eigenvalue weighted by molar-refractivity contribution is 6.02. The topological polar surface area (TPSA) is 82.2 Å². The van der Waals surface area contributed by atoms with Crippen LogP contribution in [0.5, 0.6) is 0 Å². The molecule has 1 aromatic rings. The highest BCUT2D eigenvalue weighted by Gasteiger charge is 2.31. The van der Waals surface area contributed by atoms with Crippen molar-refractivity contribution in [2.24, 2.45) is 11.3 Å². The maximum atomic E-state index is 12.6. The van der Waals surface area contributed by atoms with Crippen molar-refractivity contribution >= 4 is 11.7 Å². The molecule has 0 fully saturated rings. The molecule has 1 rings (SSSR count). The number of ketones is 1. The minimum absolute atomic E-state index is 0.0261. The lowest BCUT2D eigenvalue weighted by Crippen LogP contribution is -2.43. The van der Waals surface area contributed by atoms with Gasteiger partial charge in [-0.25, -0.2) is 0 Å². The Kier molecular flexibility index (Phi) is 6.78. The van der Waals surface area contributed by atoms with Gasteiger partial charge in [0.2, 0.25) is 0 Å². The van der Waals surface area contributed by atoms with E-state index in [-0.39, 0.29) is 17.6 Å². The predicted molar refractivity (Wildman–Crippen MR) is 96.5 cm³/mol. The number of amides is 1. The average Bonchev–Trinajstić information content (AvgIpc) is 2.81. The Labute approximate surface area is 145 Å². The van der Waals surface area contributed by atoms with Gasteiger partial charge < -0.3 is 15.4 Å². The number of aromatic amines is 1. The maximum absolute atomic E-state index is 12.6. The Morgan fingerprint density at radius 3 is 2.33 bits per heavy atom. The Bertz CT molecular complexity index is 600. The Hall–Kier alpha value is -1.62. The number of hydrogen-bond acceptors (Lipinski definition) is 3. The molecule has 1 amide bonds. The van der Waals surface area contributed by atoms with Crippen LogP contribution >= 0.6 is 0 Å². The second-order valence-corrected chi connectivity index (χ2v) is 7.64. The first-order chi connectivity index (χ1) is 11.0. The number of carbonyl (C=O) groups excluding carboxylic acids is 2. The highest BCUT2D eigenvalue weighted by Crippen LogP contribution is 2.26. The number of hydrogen-bond donors (Lipinski definition) is 3. The molecular formula is C19H32N2O3. The molecule has 24 heavy (non-hydrogen) atoms. The van der Waals surface area contributed by atoms with Crippen LogP contribution in [0.2, 0.25) is 0 Å². The van der Waals surface area contributed by atoms with E-state index in [0.29, 0.717) is 24.2 Å². The number of aryl methyl sites for hydroxylation is 1. The van der Waals surface area contributed by atoms with Crippen LogP contribution in [0.4, 0.5) is 0 Å². The van der Waals surface area contributed by atoms with Crippen molar-refractivity contribution < 1.29 is 14.7 Å². The lowest BCUT2D eigenvalue weighted by atomic mass is 9.80. The van der Waals surface area contributed by atoms with Gasteiger partial charge in [0.15, 0.2) is 5.78 Å².